The summed E-state index contributed by atoms with van der Waals surface area (Å²) >= 11 is 0. The van der Waals surface area contributed by atoms with Crippen LogP contribution in [0.5, 0.6) is 0 Å². The van der Waals surface area contributed by atoms with Crippen molar-refractivity contribution in [3.63, 3.8) is 0 Å². The number of carboxylic acids is 1. The van der Waals surface area contributed by atoms with Crippen molar-refractivity contribution < 1.29 is 19.5 Å². The van der Waals surface area contributed by atoms with E-state index >= 15 is 0 Å². The Kier molecular flexibility index (Phi) is 4.41. The van der Waals surface area contributed by atoms with Crippen molar-refractivity contribution in [2.75, 3.05) is 6.54 Å². The van der Waals surface area contributed by atoms with Crippen LogP contribution in [0, 0.1) is 12.8 Å². The van der Waals surface area contributed by atoms with Crippen LogP contribution in [-0.4, -0.2) is 56.2 Å². The maximum atomic E-state index is 12.5. The summed E-state index contributed by atoms with van der Waals surface area (Å²) in [6.45, 7) is 4.38. The molecule has 2 heterocycles. The Labute approximate surface area is 162 Å². The number of carbonyl (C=O) groups is 3. The summed E-state index contributed by atoms with van der Waals surface area (Å²) in [5.41, 5.74) is 1.81. The summed E-state index contributed by atoms with van der Waals surface area (Å²) in [5, 5.41) is 16.2. The molecule has 2 amide bonds. The molecule has 1 saturated carbocycles. The molecule has 1 aromatic heterocycles. The Morgan fingerprint density at radius 3 is 2.50 bits per heavy atom. The standard InChI is InChI=1S/C20H22N4O4/c1-11-7-17(11)23-10-14(8-18(23)25)22-19(26)13-3-5-15(6-4-13)24-12(2)16(9-21-24)20(27)28/h3-6,9,11,14,17H,7-8,10H2,1-2H3,(H,22,26)(H,27,28). The summed E-state index contributed by atoms with van der Waals surface area (Å²) < 4.78 is 1.52. The lowest BCUT2D eigenvalue weighted by Gasteiger charge is -2.17. The lowest BCUT2D eigenvalue weighted by molar-refractivity contribution is -0.128. The number of nitrogens with one attached hydrogen (secondary N) is 1. The van der Waals surface area contributed by atoms with Gasteiger partial charge in [-0.2, -0.15) is 5.10 Å². The average Bonchev–Trinajstić information content (AvgIpc) is 3.07. The molecule has 0 spiro atoms. The van der Waals surface area contributed by atoms with Crippen LogP contribution >= 0.6 is 0 Å². The van der Waals surface area contributed by atoms with Gasteiger partial charge in [-0.05, 0) is 43.5 Å². The number of aromatic nitrogens is 2. The minimum absolute atomic E-state index is 0.110. The van der Waals surface area contributed by atoms with Crippen molar-refractivity contribution in [2.45, 2.75) is 38.8 Å². The van der Waals surface area contributed by atoms with Gasteiger partial charge in [-0.3, -0.25) is 9.59 Å². The maximum absolute atomic E-state index is 12.5. The monoisotopic (exact) mass is 382 g/mol. The van der Waals surface area contributed by atoms with Gasteiger partial charge in [0.2, 0.25) is 5.91 Å². The van der Waals surface area contributed by atoms with E-state index in [2.05, 4.69) is 17.3 Å². The Morgan fingerprint density at radius 1 is 1.25 bits per heavy atom. The highest BCUT2D eigenvalue weighted by molar-refractivity contribution is 5.95. The Bertz CT molecular complexity index is 950. The summed E-state index contributed by atoms with van der Waals surface area (Å²) in [5.74, 6) is -0.587. The fourth-order valence-electron chi connectivity index (χ4n) is 3.79. The van der Waals surface area contributed by atoms with Crippen LogP contribution in [0.15, 0.2) is 30.5 Å². The Morgan fingerprint density at radius 2 is 1.93 bits per heavy atom. The van der Waals surface area contributed by atoms with Crippen LogP contribution in [0.1, 0.15) is 46.2 Å². The van der Waals surface area contributed by atoms with Gasteiger partial charge in [0.15, 0.2) is 0 Å². The van der Waals surface area contributed by atoms with E-state index in [9.17, 15) is 14.4 Å². The number of amides is 2. The highest BCUT2D eigenvalue weighted by atomic mass is 16.4. The Hall–Kier alpha value is -3.16. The Balaban J connectivity index is 1.42. The second-order valence-corrected chi connectivity index (χ2v) is 7.61. The predicted octanol–water partition coefficient (Wildman–Crippen LogP) is 1.62. The lowest BCUT2D eigenvalue weighted by Crippen LogP contribution is -2.37. The molecule has 3 atom stereocenters. The first-order chi connectivity index (χ1) is 13.3. The number of hydrogen-bond acceptors (Lipinski definition) is 4. The van der Waals surface area contributed by atoms with Gasteiger partial charge in [-0.1, -0.05) is 6.92 Å². The van der Waals surface area contributed by atoms with Crippen molar-refractivity contribution in [2.24, 2.45) is 5.92 Å². The number of hydrogen-bond donors (Lipinski definition) is 2. The molecule has 0 radical (unpaired) electrons. The molecule has 1 saturated heterocycles. The van der Waals surface area contributed by atoms with E-state index < -0.39 is 5.97 Å². The first-order valence-electron chi connectivity index (χ1n) is 9.34. The molecule has 28 heavy (non-hydrogen) atoms. The minimum Gasteiger partial charge on any atom is -0.478 e. The van der Waals surface area contributed by atoms with Crippen molar-refractivity contribution >= 4 is 17.8 Å². The molecule has 1 aromatic carbocycles. The van der Waals surface area contributed by atoms with E-state index in [1.165, 1.54) is 10.9 Å². The highest BCUT2D eigenvalue weighted by Crippen LogP contribution is 2.37. The number of likely N-dealkylation sites (tertiary alicyclic amines) is 1. The second-order valence-electron chi connectivity index (χ2n) is 7.61. The fraction of sp³-hybridized carbons (Fsp3) is 0.400. The summed E-state index contributed by atoms with van der Waals surface area (Å²) in [4.78, 5) is 37.7. The van der Waals surface area contributed by atoms with Gasteiger partial charge in [-0.25, -0.2) is 9.48 Å². The number of carboxylic acid groups (broad SMARTS) is 1. The normalized spacial score (nSPS) is 23.7. The third-order valence-electron chi connectivity index (χ3n) is 5.58. The van der Waals surface area contributed by atoms with Gasteiger partial charge in [0.25, 0.3) is 5.91 Å². The minimum atomic E-state index is -1.03. The van der Waals surface area contributed by atoms with Crippen LogP contribution < -0.4 is 5.32 Å². The zero-order valence-corrected chi connectivity index (χ0v) is 15.8. The van der Waals surface area contributed by atoms with Crippen molar-refractivity contribution in [1.82, 2.24) is 20.0 Å². The number of nitrogens with zero attached hydrogens (tertiary/aromatic N) is 3. The molecule has 2 fully saturated rings. The zero-order chi connectivity index (χ0) is 20.0. The molecule has 2 N–H and O–H groups in total. The molecule has 0 bridgehead atoms. The zero-order valence-electron chi connectivity index (χ0n) is 15.8. The second kappa shape index (κ2) is 6.78. The maximum Gasteiger partial charge on any atom is 0.339 e. The van der Waals surface area contributed by atoms with Gasteiger partial charge < -0.3 is 15.3 Å². The predicted molar refractivity (Wildman–Crippen MR) is 100 cm³/mol. The van der Waals surface area contributed by atoms with Crippen LogP contribution in [0.2, 0.25) is 0 Å². The quantitative estimate of drug-likeness (QED) is 0.818. The lowest BCUT2D eigenvalue weighted by atomic mass is 10.1. The number of benzene rings is 1. The SMILES string of the molecule is Cc1c(C(=O)O)cnn1-c1ccc(C(=O)NC2CC(=O)N(C3CC3C)C2)cc1. The van der Waals surface area contributed by atoms with E-state index in [1.807, 2.05) is 4.90 Å². The molecular weight excluding hydrogens is 360 g/mol. The molecule has 1 aliphatic heterocycles. The van der Waals surface area contributed by atoms with Gasteiger partial charge >= 0.3 is 5.97 Å². The van der Waals surface area contributed by atoms with Crippen LogP contribution in [0.25, 0.3) is 5.69 Å². The van der Waals surface area contributed by atoms with Gasteiger partial charge in [0, 0.05) is 24.6 Å². The number of rotatable bonds is 5. The summed E-state index contributed by atoms with van der Waals surface area (Å²) in [7, 11) is 0. The average molecular weight is 382 g/mol. The molecule has 1 aliphatic carbocycles. The van der Waals surface area contributed by atoms with Crippen molar-refractivity contribution in [3.8, 4) is 5.69 Å². The number of carbonyl (C=O) groups excluding carboxylic acids is 2. The van der Waals surface area contributed by atoms with Crippen LogP contribution in [0.4, 0.5) is 0 Å². The summed E-state index contributed by atoms with van der Waals surface area (Å²) in [6.07, 6.45) is 2.70. The van der Waals surface area contributed by atoms with Crippen molar-refractivity contribution in [3.05, 3.63) is 47.3 Å². The molecule has 8 nitrogen and oxygen atoms in total. The first-order valence-corrected chi connectivity index (χ1v) is 9.34. The van der Waals surface area contributed by atoms with E-state index in [0.29, 0.717) is 41.9 Å². The molecule has 2 aromatic rings. The fourth-order valence-corrected chi connectivity index (χ4v) is 3.79. The van der Waals surface area contributed by atoms with E-state index in [4.69, 9.17) is 5.11 Å². The highest BCUT2D eigenvalue weighted by Gasteiger charge is 2.44. The molecule has 2 aliphatic rings. The van der Waals surface area contributed by atoms with Gasteiger partial charge in [0.1, 0.15) is 5.56 Å². The molecule has 8 heteroatoms. The summed E-state index contributed by atoms with van der Waals surface area (Å²) in [6, 6.07) is 6.95. The molecule has 146 valence electrons. The third kappa shape index (κ3) is 3.26. The van der Waals surface area contributed by atoms with Crippen LogP contribution in [0.3, 0.4) is 0 Å². The van der Waals surface area contributed by atoms with Crippen molar-refractivity contribution in [1.29, 1.82) is 0 Å². The smallest absolute Gasteiger partial charge is 0.339 e. The molecule has 4 rings (SSSR count). The van der Waals surface area contributed by atoms with E-state index in [-0.39, 0.29) is 23.4 Å². The molecule has 3 unspecified atom stereocenters. The first kappa shape index (κ1) is 18.2. The van der Waals surface area contributed by atoms with E-state index in [0.717, 1.165) is 6.42 Å². The van der Waals surface area contributed by atoms with Crippen LogP contribution in [-0.2, 0) is 4.79 Å². The van der Waals surface area contributed by atoms with Gasteiger partial charge in [-0.15, -0.1) is 0 Å². The third-order valence-corrected chi connectivity index (χ3v) is 5.58. The number of aromatic carboxylic acids is 1. The molecular formula is C20H22N4O4. The largest absolute Gasteiger partial charge is 0.478 e. The topological polar surface area (TPSA) is 105 Å². The van der Waals surface area contributed by atoms with E-state index in [1.54, 1.807) is 31.2 Å². The van der Waals surface area contributed by atoms with Gasteiger partial charge in [0.05, 0.1) is 23.6 Å².